The van der Waals surface area contributed by atoms with Gasteiger partial charge in [-0.2, -0.15) is 0 Å². The van der Waals surface area contributed by atoms with Crippen molar-refractivity contribution >= 4 is 0 Å². The molecule has 0 radical (unpaired) electrons. The third-order valence-corrected chi connectivity index (χ3v) is 0. The van der Waals surface area contributed by atoms with E-state index in [0.717, 1.165) is 0 Å². The molecule has 0 aromatic heterocycles. The monoisotopic (exact) mass is 117 g/mol. The van der Waals surface area contributed by atoms with E-state index in [1.807, 2.05) is 0 Å². The minimum Gasteiger partial charge on any atom is -1.00 e. The maximum Gasteiger partial charge on any atom is -1.00 e. The van der Waals surface area contributed by atoms with Gasteiger partial charge < -0.3 is 12.4 Å². The zero-order valence-corrected chi connectivity index (χ0v) is 3.98. The van der Waals surface area contributed by atoms with Gasteiger partial charge in [-0.1, -0.05) is 0 Å². The van der Waals surface area contributed by atoms with Gasteiger partial charge in [0.05, 0.1) is 0 Å². The molecule has 0 nitrogen and oxygen atoms in total. The van der Waals surface area contributed by atoms with Crippen molar-refractivity contribution in [2.75, 3.05) is 0 Å². The Bertz CT molecular complexity index is 13.5. The molecule has 4 heavy (non-hydrogen) atoms. The number of rotatable bonds is 0. The van der Waals surface area contributed by atoms with Crippen LogP contribution >= 0.6 is 0 Å². The quantitative estimate of drug-likeness (QED) is 0.313. The van der Waals surface area contributed by atoms with Gasteiger partial charge in [-0.15, -0.1) is 0 Å². The van der Waals surface area contributed by atoms with Crippen LogP contribution in [0.5, 0.6) is 0 Å². The third kappa shape index (κ3) is 20.3. The molecular weight excluding hydrogens is 114 g/mol. The average Bonchev–Trinajstić information content (AvgIpc) is 0.918. The Morgan fingerprint density at radius 1 is 1.75 bits per heavy atom. The van der Waals surface area contributed by atoms with Crippen LogP contribution in [-0.4, -0.2) is 0 Å². The fraction of sp³-hybridized carbons (Fsp3) is 0. The van der Waals surface area contributed by atoms with Crippen molar-refractivity contribution in [3.63, 3.8) is 0 Å². The summed E-state index contributed by atoms with van der Waals surface area (Å²) in [4.78, 5) is 1.56. The van der Waals surface area contributed by atoms with E-state index < -0.39 is 0 Å². The van der Waals surface area contributed by atoms with Crippen LogP contribution in [0.1, 0.15) is 0 Å². The second kappa shape index (κ2) is 9.61. The first-order valence-corrected chi connectivity index (χ1v) is 1.31. The molecule has 0 fully saturated rings. The fourth-order valence-electron chi connectivity index (χ4n) is 0. The topological polar surface area (TPSA) is 0 Å². The fourth-order valence-corrected chi connectivity index (χ4v) is 0. The Balaban J connectivity index is 0. The van der Waals surface area contributed by atoms with Gasteiger partial charge in [0.2, 0.25) is 0 Å². The van der Waals surface area contributed by atoms with Crippen molar-refractivity contribution in [1.29, 1.82) is 0 Å². The first-order chi connectivity index (χ1) is 1.41. The normalized spacial score (nSPS) is 3.00. The minimum atomic E-state index is 0. The molecule has 0 bridgehead atoms. The molecule has 0 aliphatic rings. The van der Waals surface area contributed by atoms with Gasteiger partial charge in [-0.3, -0.25) is 0 Å². The van der Waals surface area contributed by atoms with Crippen molar-refractivity contribution in [2.45, 2.75) is 0 Å². The van der Waals surface area contributed by atoms with Crippen LogP contribution in [0.25, 0.3) is 0 Å². The summed E-state index contributed by atoms with van der Waals surface area (Å²) in [7, 11) is 0. The number of hydrogen-bond acceptors (Lipinski definition) is 0. The summed E-state index contributed by atoms with van der Waals surface area (Å²) in [5.74, 6) is 0. The van der Waals surface area contributed by atoms with Gasteiger partial charge in [-0.25, -0.2) is 0 Å². The molecule has 0 saturated carbocycles. The standard InChI is InChI=1S/C2H3.ClH.Mn/c1-2;;/h1H,2H2;1H;/q;;+1/p-1. The molecule has 0 saturated heterocycles. The van der Waals surface area contributed by atoms with Crippen molar-refractivity contribution < 1.29 is 28.4 Å². The SMILES string of the molecule is C=[CH][Mn+].[Cl-]. The molecule has 0 amide bonds. The Kier molecular flexibility index (Phi) is 21.2. The van der Waals surface area contributed by atoms with Gasteiger partial charge in [0.25, 0.3) is 0 Å². The zero-order valence-electron chi connectivity index (χ0n) is 2.04. The maximum absolute atomic E-state index is 3.28. The van der Waals surface area contributed by atoms with Gasteiger partial charge in [0.15, 0.2) is 0 Å². The molecule has 0 rings (SSSR count). The van der Waals surface area contributed by atoms with E-state index in [1.165, 1.54) is 0 Å². The molecule has 0 N–H and O–H groups in total. The van der Waals surface area contributed by atoms with E-state index in [9.17, 15) is 0 Å². The third-order valence-electron chi connectivity index (χ3n) is 0. The number of halogens is 1. The van der Waals surface area contributed by atoms with Crippen molar-refractivity contribution in [3.05, 3.63) is 11.6 Å². The summed E-state index contributed by atoms with van der Waals surface area (Å²) >= 11 is 2.91. The van der Waals surface area contributed by atoms with Gasteiger partial charge in [-0.05, 0) is 0 Å². The van der Waals surface area contributed by atoms with Crippen LogP contribution in [0, 0.1) is 0 Å². The van der Waals surface area contributed by atoms with E-state index >= 15 is 0 Å². The molecule has 25 valence electrons. The Morgan fingerprint density at radius 2 is 1.75 bits per heavy atom. The van der Waals surface area contributed by atoms with Crippen molar-refractivity contribution in [1.82, 2.24) is 0 Å². The van der Waals surface area contributed by atoms with Crippen molar-refractivity contribution in [2.24, 2.45) is 0 Å². The molecule has 0 aliphatic heterocycles. The first-order valence-electron chi connectivity index (χ1n) is 0.626. The smallest absolute Gasteiger partial charge is 1.00 e. The second-order valence-corrected chi connectivity index (χ2v) is 0.636. The molecule has 0 atom stereocenters. The van der Waals surface area contributed by atoms with Gasteiger partial charge >= 0.3 is 27.6 Å². The van der Waals surface area contributed by atoms with Gasteiger partial charge in [0.1, 0.15) is 0 Å². The molecule has 0 spiro atoms. The van der Waals surface area contributed by atoms with Crippen LogP contribution in [0.4, 0.5) is 0 Å². The summed E-state index contributed by atoms with van der Waals surface area (Å²) in [6.45, 7) is 3.28. The summed E-state index contributed by atoms with van der Waals surface area (Å²) in [5, 5.41) is 0. The van der Waals surface area contributed by atoms with Gasteiger partial charge in [0, 0.05) is 0 Å². The molecule has 2 heteroatoms. The minimum absolute atomic E-state index is 0. The summed E-state index contributed by atoms with van der Waals surface area (Å²) in [6, 6.07) is 0. The molecule has 0 aliphatic carbocycles. The van der Waals surface area contributed by atoms with Crippen LogP contribution in [0.3, 0.4) is 0 Å². The Hall–Kier alpha value is 0.549. The van der Waals surface area contributed by atoms with Crippen molar-refractivity contribution in [3.8, 4) is 0 Å². The Morgan fingerprint density at radius 3 is 1.75 bits per heavy atom. The predicted molar refractivity (Wildman–Crippen MR) is 10.2 cm³/mol. The zero-order chi connectivity index (χ0) is 2.71. The number of hydrogen-bond donors (Lipinski definition) is 0. The van der Waals surface area contributed by atoms with E-state index in [1.54, 1.807) is 4.97 Å². The first kappa shape index (κ1) is 8.82. The summed E-state index contributed by atoms with van der Waals surface area (Å²) in [6.07, 6.45) is 0. The molecular formula is C2H3ClMn. The summed E-state index contributed by atoms with van der Waals surface area (Å²) < 4.78 is 0. The van der Waals surface area contributed by atoms with Crippen LogP contribution in [0.15, 0.2) is 11.6 Å². The largest absolute Gasteiger partial charge is 1.00 e. The molecule has 0 aromatic rings. The predicted octanol–water partition coefficient (Wildman–Crippen LogP) is -2.32. The van der Waals surface area contributed by atoms with E-state index in [0.29, 0.717) is 0 Å². The molecule has 0 unspecified atom stereocenters. The molecule has 0 heterocycles. The van der Waals surface area contributed by atoms with Crippen LogP contribution in [-0.2, 0) is 16.0 Å². The van der Waals surface area contributed by atoms with Crippen LogP contribution < -0.4 is 12.4 Å². The molecule has 0 aromatic carbocycles. The van der Waals surface area contributed by atoms with E-state index in [-0.39, 0.29) is 12.4 Å². The van der Waals surface area contributed by atoms with Crippen LogP contribution in [0.2, 0.25) is 0 Å². The Labute approximate surface area is 40.5 Å². The van der Waals surface area contributed by atoms with E-state index in [4.69, 9.17) is 0 Å². The summed E-state index contributed by atoms with van der Waals surface area (Å²) in [5.41, 5.74) is 0. The van der Waals surface area contributed by atoms with E-state index in [2.05, 4.69) is 22.6 Å². The maximum atomic E-state index is 3.28. The average molecular weight is 117 g/mol. The second-order valence-electron chi connectivity index (χ2n) is 0.154.